The van der Waals surface area contributed by atoms with Crippen molar-refractivity contribution in [3.05, 3.63) is 48.6 Å². The molecule has 0 fully saturated rings. The van der Waals surface area contributed by atoms with E-state index in [9.17, 15) is 4.79 Å². The molecule has 0 amide bonds. The van der Waals surface area contributed by atoms with Crippen molar-refractivity contribution in [2.24, 2.45) is 0 Å². The maximum Gasteiger partial charge on any atom is 0.327 e. The lowest BCUT2D eigenvalue weighted by molar-refractivity contribution is -0.131. The largest absolute Gasteiger partial charge is 0.478 e. The van der Waals surface area contributed by atoms with Crippen LogP contribution in [0.2, 0.25) is 0 Å². The Morgan fingerprint density at radius 3 is 1.62 bits per heavy atom. The zero-order valence-electron chi connectivity index (χ0n) is 15.5. The van der Waals surface area contributed by atoms with Crippen LogP contribution in [0.5, 0.6) is 0 Å². The molecule has 0 aliphatic carbocycles. The summed E-state index contributed by atoms with van der Waals surface area (Å²) in [6.45, 7) is 2.24. The highest BCUT2D eigenvalue weighted by Crippen LogP contribution is 2.07. The van der Waals surface area contributed by atoms with Gasteiger partial charge in [0.2, 0.25) is 0 Å². The lowest BCUT2D eigenvalue weighted by Crippen LogP contribution is -1.85. The second-order valence-electron chi connectivity index (χ2n) is 6.11. The minimum Gasteiger partial charge on any atom is -0.478 e. The van der Waals surface area contributed by atoms with Crippen LogP contribution in [0.3, 0.4) is 0 Å². The van der Waals surface area contributed by atoms with Crippen molar-refractivity contribution in [1.82, 2.24) is 0 Å². The predicted molar refractivity (Wildman–Crippen MR) is 105 cm³/mol. The van der Waals surface area contributed by atoms with Crippen molar-refractivity contribution in [2.45, 2.75) is 84.0 Å². The molecule has 2 heteroatoms. The van der Waals surface area contributed by atoms with Crippen molar-refractivity contribution >= 4 is 5.97 Å². The van der Waals surface area contributed by atoms with Gasteiger partial charge < -0.3 is 5.11 Å². The Morgan fingerprint density at radius 2 is 1.12 bits per heavy atom. The highest BCUT2D eigenvalue weighted by molar-refractivity contribution is 5.79. The first-order chi connectivity index (χ1) is 11.8. The highest BCUT2D eigenvalue weighted by atomic mass is 16.4. The van der Waals surface area contributed by atoms with Crippen molar-refractivity contribution in [1.29, 1.82) is 0 Å². The molecule has 0 saturated heterocycles. The van der Waals surface area contributed by atoms with E-state index in [1.165, 1.54) is 51.0 Å². The quantitative estimate of drug-likeness (QED) is 0.188. The van der Waals surface area contributed by atoms with Crippen molar-refractivity contribution in [3.8, 4) is 0 Å². The van der Waals surface area contributed by atoms with Crippen molar-refractivity contribution in [3.63, 3.8) is 0 Å². The van der Waals surface area contributed by atoms with E-state index in [1.807, 2.05) is 0 Å². The zero-order valence-corrected chi connectivity index (χ0v) is 15.5. The molecule has 0 atom stereocenters. The van der Waals surface area contributed by atoms with E-state index in [0.717, 1.165) is 32.1 Å². The minimum atomic E-state index is -0.850. The molecule has 0 bridgehead atoms. The minimum absolute atomic E-state index is 0.850. The molecule has 2 nitrogen and oxygen atoms in total. The van der Waals surface area contributed by atoms with Gasteiger partial charge in [0.15, 0.2) is 0 Å². The Hall–Kier alpha value is -1.57. The van der Waals surface area contributed by atoms with E-state index < -0.39 is 5.97 Å². The summed E-state index contributed by atoms with van der Waals surface area (Å²) in [5.41, 5.74) is 0. The number of hydrogen-bond donors (Lipinski definition) is 1. The van der Waals surface area contributed by atoms with Crippen LogP contribution in [0.15, 0.2) is 48.6 Å². The SMILES string of the molecule is CCCCC/C=C\C/C=C/C/C=C\CCCCCCC=CC(=O)O. The molecule has 0 unspecified atom stereocenters. The molecule has 0 spiro atoms. The first kappa shape index (κ1) is 22.4. The summed E-state index contributed by atoms with van der Waals surface area (Å²) in [5, 5.41) is 8.45. The highest BCUT2D eigenvalue weighted by Gasteiger charge is 1.89. The fourth-order valence-electron chi connectivity index (χ4n) is 2.35. The Morgan fingerprint density at radius 1 is 0.667 bits per heavy atom. The van der Waals surface area contributed by atoms with Crippen LogP contribution in [-0.2, 0) is 4.79 Å². The number of aliphatic carboxylic acids is 1. The van der Waals surface area contributed by atoms with Crippen LogP contribution in [0.4, 0.5) is 0 Å². The maximum absolute atomic E-state index is 10.3. The fourth-order valence-corrected chi connectivity index (χ4v) is 2.35. The van der Waals surface area contributed by atoms with Gasteiger partial charge in [0.1, 0.15) is 0 Å². The summed E-state index contributed by atoms with van der Waals surface area (Å²) in [5.74, 6) is -0.850. The summed E-state index contributed by atoms with van der Waals surface area (Å²) in [7, 11) is 0. The van der Waals surface area contributed by atoms with Crippen LogP contribution in [-0.4, -0.2) is 11.1 Å². The second kappa shape index (κ2) is 19.5. The van der Waals surface area contributed by atoms with Gasteiger partial charge in [-0.2, -0.15) is 0 Å². The van der Waals surface area contributed by atoms with E-state index in [4.69, 9.17) is 5.11 Å². The van der Waals surface area contributed by atoms with E-state index in [1.54, 1.807) is 6.08 Å². The average molecular weight is 333 g/mol. The van der Waals surface area contributed by atoms with Gasteiger partial charge in [-0.15, -0.1) is 0 Å². The number of allylic oxidation sites excluding steroid dienone is 7. The van der Waals surface area contributed by atoms with Gasteiger partial charge in [-0.1, -0.05) is 75.1 Å². The van der Waals surface area contributed by atoms with E-state index in [-0.39, 0.29) is 0 Å². The first-order valence-electron chi connectivity index (χ1n) is 9.61. The van der Waals surface area contributed by atoms with Gasteiger partial charge in [-0.25, -0.2) is 4.79 Å². The number of carboxylic acids is 1. The summed E-state index contributed by atoms with van der Waals surface area (Å²) >= 11 is 0. The molecule has 0 rings (SSSR count). The molecular formula is C22H36O2. The Bertz CT molecular complexity index is 389. The smallest absolute Gasteiger partial charge is 0.327 e. The summed E-state index contributed by atoms with van der Waals surface area (Å²) in [6.07, 6.45) is 30.5. The van der Waals surface area contributed by atoms with Gasteiger partial charge in [-0.05, 0) is 51.4 Å². The van der Waals surface area contributed by atoms with Crippen LogP contribution >= 0.6 is 0 Å². The van der Waals surface area contributed by atoms with Crippen molar-refractivity contribution in [2.75, 3.05) is 0 Å². The normalized spacial score (nSPS) is 12.4. The Balaban J connectivity index is 3.31. The zero-order chi connectivity index (χ0) is 17.7. The fraction of sp³-hybridized carbons (Fsp3) is 0.591. The number of unbranched alkanes of at least 4 members (excludes halogenated alkanes) is 8. The monoisotopic (exact) mass is 332 g/mol. The number of carbonyl (C=O) groups is 1. The van der Waals surface area contributed by atoms with E-state index in [2.05, 4.69) is 43.4 Å². The lowest BCUT2D eigenvalue weighted by atomic mass is 10.1. The number of hydrogen-bond acceptors (Lipinski definition) is 1. The second-order valence-corrected chi connectivity index (χ2v) is 6.11. The maximum atomic E-state index is 10.3. The van der Waals surface area contributed by atoms with E-state index >= 15 is 0 Å². The number of carboxylic acid groups (broad SMARTS) is 1. The topological polar surface area (TPSA) is 37.3 Å². The molecule has 24 heavy (non-hydrogen) atoms. The molecule has 0 aromatic carbocycles. The summed E-state index contributed by atoms with van der Waals surface area (Å²) in [6, 6.07) is 0. The molecule has 0 aliphatic heterocycles. The van der Waals surface area contributed by atoms with Crippen LogP contribution in [0.1, 0.15) is 84.0 Å². The molecule has 136 valence electrons. The Labute approximate surface area is 149 Å². The summed E-state index contributed by atoms with van der Waals surface area (Å²) in [4.78, 5) is 10.3. The molecule has 0 heterocycles. The molecule has 0 aromatic rings. The summed E-state index contributed by atoms with van der Waals surface area (Å²) < 4.78 is 0. The molecule has 0 saturated carbocycles. The molecule has 1 N–H and O–H groups in total. The third-order valence-electron chi connectivity index (χ3n) is 3.77. The van der Waals surface area contributed by atoms with Gasteiger partial charge in [0.25, 0.3) is 0 Å². The predicted octanol–water partition coefficient (Wildman–Crippen LogP) is 7.00. The molecule has 0 aromatic heterocycles. The van der Waals surface area contributed by atoms with Gasteiger partial charge in [0.05, 0.1) is 0 Å². The molecule has 0 radical (unpaired) electrons. The van der Waals surface area contributed by atoms with Crippen LogP contribution in [0, 0.1) is 0 Å². The Kier molecular flexibility index (Phi) is 18.2. The molecular weight excluding hydrogens is 296 g/mol. The number of rotatable bonds is 16. The molecule has 0 aliphatic rings. The van der Waals surface area contributed by atoms with Crippen LogP contribution in [0.25, 0.3) is 0 Å². The van der Waals surface area contributed by atoms with E-state index in [0.29, 0.717) is 0 Å². The van der Waals surface area contributed by atoms with Crippen molar-refractivity contribution < 1.29 is 9.90 Å². The average Bonchev–Trinajstić information content (AvgIpc) is 2.56. The first-order valence-corrected chi connectivity index (χ1v) is 9.61. The lowest BCUT2D eigenvalue weighted by Gasteiger charge is -1.96. The van der Waals surface area contributed by atoms with Gasteiger partial charge in [-0.3, -0.25) is 0 Å². The standard InChI is InChI=1S/C22H36O2/c1-2-3-4-5-6-7-8-9-10-11-12-13-14-15-16-17-18-19-20-21-22(23)24/h6-7,9-10,12-13,20-21H,2-5,8,11,14-19H2,1H3,(H,23,24)/b7-6-,10-9+,13-12-,21-20?. The third-order valence-corrected chi connectivity index (χ3v) is 3.77. The third kappa shape index (κ3) is 20.4. The van der Waals surface area contributed by atoms with Gasteiger partial charge >= 0.3 is 5.97 Å². The van der Waals surface area contributed by atoms with Gasteiger partial charge in [0, 0.05) is 6.08 Å². The van der Waals surface area contributed by atoms with Crippen LogP contribution < -0.4 is 0 Å².